The summed E-state index contributed by atoms with van der Waals surface area (Å²) in [4.78, 5) is 0. The van der Waals surface area contributed by atoms with Crippen LogP contribution in [0, 0.1) is 0 Å². The first-order chi connectivity index (χ1) is 10.3. The van der Waals surface area contributed by atoms with Gasteiger partial charge >= 0.3 is 0 Å². The van der Waals surface area contributed by atoms with Gasteiger partial charge in [0.05, 0.1) is 0 Å². The molecule has 0 radical (unpaired) electrons. The molecule has 0 fully saturated rings. The quantitative estimate of drug-likeness (QED) is 0.779. The van der Waals surface area contributed by atoms with Crippen molar-refractivity contribution in [3.05, 3.63) is 71.0 Å². The predicted octanol–water partition coefficient (Wildman–Crippen LogP) is 4.20. The molecule has 1 N–H and O–H groups in total. The first kappa shape index (κ1) is 12.7. The van der Waals surface area contributed by atoms with E-state index < -0.39 is 6.10 Å². The van der Waals surface area contributed by atoms with Crippen LogP contribution in [0.1, 0.15) is 35.0 Å². The van der Waals surface area contributed by atoms with Gasteiger partial charge in [-0.2, -0.15) is 0 Å². The maximum Gasteiger partial charge on any atom is 0.134 e. The molecule has 1 atom stereocenters. The standard InChI is InChI=1S/C19H18O2/c20-17(19-12-16-4-1-2-7-18(16)21-19)11-13-8-9-14-5-3-6-15(14)10-13/h1-2,4,7-10,12,17,20H,3,5-6,11H2. The predicted molar refractivity (Wildman–Crippen MR) is 83.3 cm³/mol. The van der Waals surface area contributed by atoms with E-state index >= 15 is 0 Å². The van der Waals surface area contributed by atoms with Crippen LogP contribution in [0.4, 0.5) is 0 Å². The SMILES string of the molecule is OC(Cc1ccc2c(c1)CCC2)c1cc2ccccc2o1. The summed E-state index contributed by atoms with van der Waals surface area (Å²) in [6.45, 7) is 0. The maximum absolute atomic E-state index is 10.4. The minimum absolute atomic E-state index is 0.586. The van der Waals surface area contributed by atoms with Gasteiger partial charge < -0.3 is 9.52 Å². The van der Waals surface area contributed by atoms with Crippen LogP contribution >= 0.6 is 0 Å². The third-order valence-corrected chi connectivity index (χ3v) is 4.36. The van der Waals surface area contributed by atoms with Crippen LogP contribution in [0.2, 0.25) is 0 Å². The van der Waals surface area contributed by atoms with Crippen molar-refractivity contribution in [2.45, 2.75) is 31.8 Å². The normalized spacial score (nSPS) is 15.3. The topological polar surface area (TPSA) is 33.4 Å². The van der Waals surface area contributed by atoms with Crippen molar-refractivity contribution in [2.75, 3.05) is 0 Å². The molecular weight excluding hydrogens is 260 g/mol. The highest BCUT2D eigenvalue weighted by Gasteiger charge is 2.16. The van der Waals surface area contributed by atoms with Crippen LogP contribution in [0.3, 0.4) is 0 Å². The molecule has 0 spiro atoms. The molecule has 1 heterocycles. The molecule has 0 bridgehead atoms. The van der Waals surface area contributed by atoms with E-state index in [4.69, 9.17) is 4.42 Å². The van der Waals surface area contributed by atoms with Crippen LogP contribution in [0.5, 0.6) is 0 Å². The zero-order valence-corrected chi connectivity index (χ0v) is 11.9. The van der Waals surface area contributed by atoms with E-state index in [9.17, 15) is 5.11 Å². The number of para-hydroxylation sites is 1. The number of benzene rings is 2. The van der Waals surface area contributed by atoms with Gasteiger partial charge in [-0.25, -0.2) is 0 Å². The number of aryl methyl sites for hydroxylation is 2. The number of hydrogen-bond acceptors (Lipinski definition) is 2. The largest absolute Gasteiger partial charge is 0.458 e. The Bertz CT molecular complexity index is 752. The summed E-state index contributed by atoms with van der Waals surface area (Å²) in [7, 11) is 0. The van der Waals surface area contributed by atoms with E-state index in [0.717, 1.165) is 11.0 Å². The van der Waals surface area contributed by atoms with Crippen molar-refractivity contribution < 1.29 is 9.52 Å². The lowest BCUT2D eigenvalue weighted by atomic mass is 10.0. The van der Waals surface area contributed by atoms with Gasteiger partial charge in [0.15, 0.2) is 0 Å². The molecule has 3 aromatic rings. The second kappa shape index (κ2) is 5.05. The second-order valence-corrected chi connectivity index (χ2v) is 5.86. The molecule has 0 saturated heterocycles. The fraction of sp³-hybridized carbons (Fsp3) is 0.263. The molecule has 2 heteroatoms. The third kappa shape index (κ3) is 2.36. The lowest BCUT2D eigenvalue weighted by Gasteiger charge is -2.09. The minimum atomic E-state index is -0.586. The van der Waals surface area contributed by atoms with E-state index in [-0.39, 0.29) is 0 Å². The Hall–Kier alpha value is -2.06. The molecule has 1 aliphatic carbocycles. The average molecular weight is 278 g/mol. The van der Waals surface area contributed by atoms with E-state index in [1.54, 1.807) is 0 Å². The van der Waals surface area contributed by atoms with Gasteiger partial charge in [0, 0.05) is 11.8 Å². The number of fused-ring (bicyclic) bond motifs is 2. The molecule has 1 unspecified atom stereocenters. The van der Waals surface area contributed by atoms with Crippen molar-refractivity contribution in [1.29, 1.82) is 0 Å². The molecule has 106 valence electrons. The van der Waals surface area contributed by atoms with Crippen molar-refractivity contribution in [2.24, 2.45) is 0 Å². The number of rotatable bonds is 3. The van der Waals surface area contributed by atoms with E-state index in [0.29, 0.717) is 12.2 Å². The molecule has 2 nitrogen and oxygen atoms in total. The molecule has 1 aliphatic rings. The Morgan fingerprint density at radius 1 is 1.00 bits per heavy atom. The highest BCUT2D eigenvalue weighted by Crippen LogP contribution is 2.28. The van der Waals surface area contributed by atoms with Gasteiger partial charge in [-0.05, 0) is 48.1 Å². The molecule has 0 aliphatic heterocycles. The summed E-state index contributed by atoms with van der Waals surface area (Å²) < 4.78 is 5.74. The van der Waals surface area contributed by atoms with Crippen LogP contribution in [-0.2, 0) is 19.3 Å². The lowest BCUT2D eigenvalue weighted by Crippen LogP contribution is -2.01. The maximum atomic E-state index is 10.4. The fourth-order valence-electron chi connectivity index (χ4n) is 3.24. The Morgan fingerprint density at radius 2 is 1.86 bits per heavy atom. The van der Waals surface area contributed by atoms with Crippen molar-refractivity contribution >= 4 is 11.0 Å². The molecule has 0 amide bonds. The molecule has 21 heavy (non-hydrogen) atoms. The molecule has 2 aromatic carbocycles. The Labute approximate surface area is 124 Å². The third-order valence-electron chi connectivity index (χ3n) is 4.36. The highest BCUT2D eigenvalue weighted by molar-refractivity contribution is 5.77. The Balaban J connectivity index is 1.58. The Kier molecular flexibility index (Phi) is 3.04. The molecule has 4 rings (SSSR count). The van der Waals surface area contributed by atoms with E-state index in [1.807, 2.05) is 30.3 Å². The first-order valence-electron chi connectivity index (χ1n) is 7.57. The first-order valence-corrected chi connectivity index (χ1v) is 7.57. The minimum Gasteiger partial charge on any atom is -0.458 e. The van der Waals surface area contributed by atoms with Gasteiger partial charge in [0.2, 0.25) is 0 Å². The molecule has 1 aromatic heterocycles. The number of aliphatic hydroxyl groups excluding tert-OH is 1. The van der Waals surface area contributed by atoms with Gasteiger partial charge in [-0.15, -0.1) is 0 Å². The highest BCUT2D eigenvalue weighted by atomic mass is 16.4. The van der Waals surface area contributed by atoms with Crippen LogP contribution in [-0.4, -0.2) is 5.11 Å². The Morgan fingerprint density at radius 3 is 2.76 bits per heavy atom. The van der Waals surface area contributed by atoms with Crippen molar-refractivity contribution in [3.8, 4) is 0 Å². The summed E-state index contributed by atoms with van der Waals surface area (Å²) in [6, 6.07) is 16.4. The average Bonchev–Trinajstić information content (AvgIpc) is 3.13. The van der Waals surface area contributed by atoms with Gasteiger partial charge in [-0.3, -0.25) is 0 Å². The summed E-state index contributed by atoms with van der Waals surface area (Å²) in [5.74, 6) is 0.650. The van der Waals surface area contributed by atoms with Crippen LogP contribution in [0.15, 0.2) is 52.9 Å². The smallest absolute Gasteiger partial charge is 0.134 e. The molecule has 0 saturated carbocycles. The van der Waals surface area contributed by atoms with Crippen LogP contribution in [0.25, 0.3) is 11.0 Å². The second-order valence-electron chi connectivity index (χ2n) is 5.86. The number of hydrogen-bond donors (Lipinski definition) is 1. The van der Waals surface area contributed by atoms with Gasteiger partial charge in [0.1, 0.15) is 17.4 Å². The fourth-order valence-corrected chi connectivity index (χ4v) is 3.24. The summed E-state index contributed by atoms with van der Waals surface area (Å²) >= 11 is 0. The summed E-state index contributed by atoms with van der Waals surface area (Å²) in [5.41, 5.74) is 4.94. The van der Waals surface area contributed by atoms with Crippen molar-refractivity contribution in [3.63, 3.8) is 0 Å². The summed E-state index contributed by atoms with van der Waals surface area (Å²) in [6.07, 6.45) is 3.64. The monoisotopic (exact) mass is 278 g/mol. The van der Waals surface area contributed by atoms with E-state index in [2.05, 4.69) is 18.2 Å². The zero-order chi connectivity index (χ0) is 14.2. The van der Waals surface area contributed by atoms with Crippen molar-refractivity contribution in [1.82, 2.24) is 0 Å². The number of furan rings is 1. The van der Waals surface area contributed by atoms with E-state index in [1.165, 1.54) is 36.0 Å². The van der Waals surface area contributed by atoms with Crippen LogP contribution < -0.4 is 0 Å². The summed E-state index contributed by atoms with van der Waals surface area (Å²) in [5, 5.41) is 11.5. The van der Waals surface area contributed by atoms with Gasteiger partial charge in [0.25, 0.3) is 0 Å². The lowest BCUT2D eigenvalue weighted by molar-refractivity contribution is 0.152. The molecular formula is C19H18O2. The number of aliphatic hydroxyl groups is 1. The zero-order valence-electron chi connectivity index (χ0n) is 11.9. The van der Waals surface area contributed by atoms with Gasteiger partial charge in [-0.1, -0.05) is 36.4 Å².